The first-order valence-corrected chi connectivity index (χ1v) is 9.00. The smallest absolute Gasteiger partial charge is 0.325 e. The zero-order valence-electron chi connectivity index (χ0n) is 14.6. The van der Waals surface area contributed by atoms with Crippen LogP contribution in [0.25, 0.3) is 0 Å². The lowest BCUT2D eigenvalue weighted by Crippen LogP contribution is -2.56. The van der Waals surface area contributed by atoms with Gasteiger partial charge in [-0.05, 0) is 25.3 Å². The Balaban J connectivity index is 1.77. The van der Waals surface area contributed by atoms with Crippen molar-refractivity contribution in [3.05, 3.63) is 35.1 Å². The van der Waals surface area contributed by atoms with Crippen LogP contribution in [0, 0.1) is 12.7 Å². The van der Waals surface area contributed by atoms with E-state index in [1.54, 1.807) is 24.0 Å². The summed E-state index contributed by atoms with van der Waals surface area (Å²) in [4.78, 5) is 27.9. The molecule has 0 aromatic heterocycles. The Bertz CT molecular complexity index is 658. The summed E-state index contributed by atoms with van der Waals surface area (Å²) in [6.07, 6.45) is 5.56. The first kappa shape index (κ1) is 17.9. The molecule has 0 radical (unpaired) electrons. The second-order valence-electron chi connectivity index (χ2n) is 7.07. The van der Waals surface area contributed by atoms with E-state index in [9.17, 15) is 19.1 Å². The number of carboxylic acids is 1. The highest BCUT2D eigenvalue weighted by atomic mass is 19.1. The Morgan fingerprint density at radius 1 is 1.24 bits per heavy atom. The second-order valence-corrected chi connectivity index (χ2v) is 7.07. The van der Waals surface area contributed by atoms with Gasteiger partial charge in [0, 0.05) is 24.7 Å². The number of amides is 1. The highest BCUT2D eigenvalue weighted by molar-refractivity contribution is 5.82. The van der Waals surface area contributed by atoms with Gasteiger partial charge in [-0.3, -0.25) is 14.5 Å². The standard InChI is InChI=1S/C19H25FN2O3/c1-13-6-5-9-15(17(13)20)18(19(24)25)21-10-11-22(16(23)12-21)14-7-3-2-4-8-14/h5-6,9,14,18H,2-4,7-8,10-12H2,1H3,(H,24,25)/t18-/m1/s1. The third-order valence-corrected chi connectivity index (χ3v) is 5.42. The predicted octanol–water partition coefficient (Wildman–Crippen LogP) is 2.74. The van der Waals surface area contributed by atoms with Crippen LogP contribution in [0.1, 0.15) is 49.3 Å². The van der Waals surface area contributed by atoms with Crippen LogP contribution in [-0.4, -0.2) is 52.5 Å². The molecule has 1 N–H and O–H groups in total. The zero-order valence-corrected chi connectivity index (χ0v) is 14.6. The molecule has 1 saturated heterocycles. The number of carbonyl (C=O) groups is 2. The first-order chi connectivity index (χ1) is 12.0. The molecule has 0 spiro atoms. The lowest BCUT2D eigenvalue weighted by atomic mass is 9.93. The van der Waals surface area contributed by atoms with E-state index in [2.05, 4.69) is 0 Å². The van der Waals surface area contributed by atoms with Gasteiger partial charge in [-0.25, -0.2) is 4.39 Å². The van der Waals surface area contributed by atoms with Gasteiger partial charge < -0.3 is 10.0 Å². The summed E-state index contributed by atoms with van der Waals surface area (Å²) >= 11 is 0. The molecular weight excluding hydrogens is 323 g/mol. The molecule has 1 amide bonds. The molecule has 1 heterocycles. The number of benzene rings is 1. The molecule has 25 heavy (non-hydrogen) atoms. The molecule has 0 unspecified atom stereocenters. The average molecular weight is 348 g/mol. The van der Waals surface area contributed by atoms with Crippen molar-refractivity contribution in [1.29, 1.82) is 0 Å². The quantitative estimate of drug-likeness (QED) is 0.909. The third-order valence-electron chi connectivity index (χ3n) is 5.42. The van der Waals surface area contributed by atoms with Gasteiger partial charge in [-0.15, -0.1) is 0 Å². The minimum Gasteiger partial charge on any atom is -0.480 e. The Hall–Kier alpha value is -1.95. The van der Waals surface area contributed by atoms with E-state index in [0.717, 1.165) is 25.7 Å². The van der Waals surface area contributed by atoms with Crippen LogP contribution >= 0.6 is 0 Å². The molecule has 6 heteroatoms. The van der Waals surface area contributed by atoms with Crippen LogP contribution in [0.5, 0.6) is 0 Å². The van der Waals surface area contributed by atoms with Crippen LogP contribution in [0.3, 0.4) is 0 Å². The molecule has 1 saturated carbocycles. The summed E-state index contributed by atoms with van der Waals surface area (Å²) in [5, 5.41) is 9.66. The first-order valence-electron chi connectivity index (χ1n) is 9.00. The van der Waals surface area contributed by atoms with E-state index in [4.69, 9.17) is 0 Å². The molecule has 1 atom stereocenters. The predicted molar refractivity (Wildman–Crippen MR) is 91.7 cm³/mol. The molecule has 2 fully saturated rings. The van der Waals surface area contributed by atoms with Crippen LogP contribution in [-0.2, 0) is 9.59 Å². The zero-order chi connectivity index (χ0) is 18.0. The van der Waals surface area contributed by atoms with Gasteiger partial charge >= 0.3 is 5.97 Å². The molecule has 0 bridgehead atoms. The van der Waals surface area contributed by atoms with Gasteiger partial charge in [0.05, 0.1) is 6.54 Å². The number of carbonyl (C=O) groups excluding carboxylic acids is 1. The van der Waals surface area contributed by atoms with E-state index in [0.29, 0.717) is 18.7 Å². The molecule has 1 aliphatic heterocycles. The van der Waals surface area contributed by atoms with Crippen LogP contribution in [0.15, 0.2) is 18.2 Å². The molecular formula is C19H25FN2O3. The van der Waals surface area contributed by atoms with Gasteiger partial charge in [-0.1, -0.05) is 37.5 Å². The molecule has 3 rings (SSSR count). The van der Waals surface area contributed by atoms with Crippen molar-refractivity contribution in [3.8, 4) is 0 Å². The van der Waals surface area contributed by atoms with Gasteiger partial charge in [0.25, 0.3) is 0 Å². The number of halogens is 1. The third kappa shape index (κ3) is 3.68. The fraction of sp³-hybridized carbons (Fsp3) is 0.579. The molecule has 2 aliphatic rings. The minimum absolute atomic E-state index is 0.0286. The van der Waals surface area contributed by atoms with Crippen LogP contribution < -0.4 is 0 Å². The van der Waals surface area contributed by atoms with E-state index >= 15 is 0 Å². The normalized spacial score (nSPS) is 21.4. The summed E-state index contributed by atoms with van der Waals surface area (Å²) in [7, 11) is 0. The Morgan fingerprint density at radius 2 is 1.96 bits per heavy atom. The molecule has 1 aliphatic carbocycles. The number of carboxylic acid groups (broad SMARTS) is 1. The maximum absolute atomic E-state index is 14.4. The fourth-order valence-electron chi connectivity index (χ4n) is 4.07. The van der Waals surface area contributed by atoms with Crippen molar-refractivity contribution in [3.63, 3.8) is 0 Å². The van der Waals surface area contributed by atoms with Crippen molar-refractivity contribution in [1.82, 2.24) is 9.80 Å². The van der Waals surface area contributed by atoms with Crippen LogP contribution in [0.2, 0.25) is 0 Å². The molecule has 1 aromatic rings. The second kappa shape index (κ2) is 7.52. The lowest BCUT2D eigenvalue weighted by molar-refractivity contribution is -0.149. The number of aryl methyl sites for hydroxylation is 1. The van der Waals surface area contributed by atoms with E-state index < -0.39 is 17.8 Å². The summed E-state index contributed by atoms with van der Waals surface area (Å²) in [6, 6.07) is 3.92. The van der Waals surface area contributed by atoms with Gasteiger partial charge in [-0.2, -0.15) is 0 Å². The van der Waals surface area contributed by atoms with Crippen LogP contribution in [0.4, 0.5) is 4.39 Å². The Labute approximate surface area is 147 Å². The summed E-state index contributed by atoms with van der Waals surface area (Å²) in [5.41, 5.74) is 0.544. The maximum atomic E-state index is 14.4. The minimum atomic E-state index is -1.13. The maximum Gasteiger partial charge on any atom is 0.325 e. The molecule has 5 nitrogen and oxygen atoms in total. The lowest BCUT2D eigenvalue weighted by Gasteiger charge is -2.42. The number of rotatable bonds is 4. The Kier molecular flexibility index (Phi) is 5.37. The van der Waals surface area contributed by atoms with E-state index in [-0.39, 0.29) is 24.1 Å². The van der Waals surface area contributed by atoms with Crippen molar-refractivity contribution >= 4 is 11.9 Å². The van der Waals surface area contributed by atoms with E-state index in [1.807, 2.05) is 4.90 Å². The van der Waals surface area contributed by atoms with Crippen molar-refractivity contribution < 1.29 is 19.1 Å². The van der Waals surface area contributed by atoms with Crippen molar-refractivity contribution in [2.45, 2.75) is 51.1 Å². The number of piperazine rings is 1. The average Bonchev–Trinajstić information content (AvgIpc) is 2.59. The summed E-state index contributed by atoms with van der Waals surface area (Å²) in [6.45, 7) is 2.61. The largest absolute Gasteiger partial charge is 0.480 e. The van der Waals surface area contributed by atoms with Crippen molar-refractivity contribution in [2.24, 2.45) is 0 Å². The topological polar surface area (TPSA) is 60.9 Å². The summed E-state index contributed by atoms with van der Waals surface area (Å²) < 4.78 is 14.4. The number of nitrogens with zero attached hydrogens (tertiary/aromatic N) is 2. The fourth-order valence-corrected chi connectivity index (χ4v) is 4.07. The Morgan fingerprint density at radius 3 is 2.60 bits per heavy atom. The number of aliphatic carboxylic acids is 1. The van der Waals surface area contributed by atoms with Gasteiger partial charge in [0.1, 0.15) is 11.9 Å². The highest BCUT2D eigenvalue weighted by Gasteiger charge is 2.37. The molecule has 1 aromatic carbocycles. The SMILES string of the molecule is Cc1cccc([C@H](C(=O)O)N2CCN(C3CCCCC3)C(=O)C2)c1F. The summed E-state index contributed by atoms with van der Waals surface area (Å²) in [5.74, 6) is -1.67. The number of hydrogen-bond acceptors (Lipinski definition) is 3. The van der Waals surface area contributed by atoms with Gasteiger partial charge in [0.2, 0.25) is 5.91 Å². The monoisotopic (exact) mass is 348 g/mol. The highest BCUT2D eigenvalue weighted by Crippen LogP contribution is 2.29. The number of hydrogen-bond donors (Lipinski definition) is 1. The molecule has 136 valence electrons. The van der Waals surface area contributed by atoms with Crippen molar-refractivity contribution in [2.75, 3.05) is 19.6 Å². The van der Waals surface area contributed by atoms with Gasteiger partial charge in [0.15, 0.2) is 0 Å². The van der Waals surface area contributed by atoms with E-state index in [1.165, 1.54) is 12.5 Å².